The number of carbonyl (C=O) groups excluding carboxylic acids is 1. The van der Waals surface area contributed by atoms with Gasteiger partial charge in [0.1, 0.15) is 17.2 Å². The molecule has 28 heavy (non-hydrogen) atoms. The number of piperidine rings is 1. The van der Waals surface area contributed by atoms with Gasteiger partial charge in [0.15, 0.2) is 5.96 Å². The number of aliphatic imine (C=N–C) groups is 1. The Morgan fingerprint density at radius 1 is 1.25 bits per heavy atom. The molecule has 0 radical (unpaired) electrons. The summed E-state index contributed by atoms with van der Waals surface area (Å²) in [6.07, 6.45) is 2.43. The van der Waals surface area contributed by atoms with Crippen LogP contribution in [0, 0.1) is 5.92 Å². The fraction of sp³-hybridized carbons (Fsp3) is 0.579. The standard InChI is InChI=1S/C19H30N4O4.HI/c1-21-19(23-7-5-6-13(12-23)8-18(20)24)22-11-15-16(26-3)9-14(25-2)10-17(15)27-4;/h9-10,13H,5-8,11-12H2,1-4H3,(H2,20,24)(H,21,22);1H. The SMILES string of the molecule is CN=C(NCc1c(OC)cc(OC)cc1OC)N1CCCC(CC(N)=O)C1.I. The molecule has 1 aliphatic heterocycles. The minimum atomic E-state index is -0.252. The number of nitrogens with zero attached hydrogens (tertiary/aromatic N) is 2. The highest BCUT2D eigenvalue weighted by Gasteiger charge is 2.24. The topological polar surface area (TPSA) is 98.4 Å². The molecule has 1 aromatic carbocycles. The highest BCUT2D eigenvalue weighted by molar-refractivity contribution is 14.0. The summed E-state index contributed by atoms with van der Waals surface area (Å²) in [4.78, 5) is 17.8. The van der Waals surface area contributed by atoms with Crippen LogP contribution in [-0.2, 0) is 11.3 Å². The largest absolute Gasteiger partial charge is 0.496 e. The molecule has 0 saturated carbocycles. The van der Waals surface area contributed by atoms with E-state index in [1.54, 1.807) is 28.4 Å². The normalized spacial score (nSPS) is 16.8. The summed E-state index contributed by atoms with van der Waals surface area (Å²) in [5.41, 5.74) is 6.24. The second-order valence-corrected chi connectivity index (χ2v) is 6.54. The van der Waals surface area contributed by atoms with E-state index >= 15 is 0 Å². The number of hydrogen-bond donors (Lipinski definition) is 2. The first-order valence-electron chi connectivity index (χ1n) is 9.05. The predicted molar refractivity (Wildman–Crippen MR) is 120 cm³/mol. The van der Waals surface area contributed by atoms with Crippen molar-refractivity contribution in [1.29, 1.82) is 0 Å². The zero-order valence-corrected chi connectivity index (χ0v) is 19.3. The fourth-order valence-electron chi connectivity index (χ4n) is 3.46. The van der Waals surface area contributed by atoms with E-state index in [2.05, 4.69) is 15.2 Å². The molecule has 1 aliphatic rings. The molecule has 0 aliphatic carbocycles. The summed E-state index contributed by atoms with van der Waals surface area (Å²) < 4.78 is 16.3. The lowest BCUT2D eigenvalue weighted by molar-refractivity contribution is -0.119. The molecule has 1 saturated heterocycles. The molecule has 2 rings (SSSR count). The molecule has 1 atom stereocenters. The number of hydrogen-bond acceptors (Lipinski definition) is 5. The van der Waals surface area contributed by atoms with Gasteiger partial charge in [0, 0.05) is 38.7 Å². The summed E-state index contributed by atoms with van der Waals surface area (Å²) in [6, 6.07) is 3.65. The lowest BCUT2D eigenvalue weighted by atomic mass is 9.95. The number of nitrogens with one attached hydrogen (secondary N) is 1. The van der Waals surface area contributed by atoms with Crippen molar-refractivity contribution in [3.05, 3.63) is 17.7 Å². The van der Waals surface area contributed by atoms with E-state index in [-0.39, 0.29) is 35.8 Å². The Morgan fingerprint density at radius 2 is 1.89 bits per heavy atom. The van der Waals surface area contributed by atoms with Crippen LogP contribution in [0.15, 0.2) is 17.1 Å². The number of halogens is 1. The van der Waals surface area contributed by atoms with E-state index in [1.807, 2.05) is 12.1 Å². The maximum absolute atomic E-state index is 11.2. The van der Waals surface area contributed by atoms with Crippen LogP contribution in [0.5, 0.6) is 17.2 Å². The van der Waals surface area contributed by atoms with Gasteiger partial charge in [-0.05, 0) is 18.8 Å². The summed E-state index contributed by atoms with van der Waals surface area (Å²) in [7, 11) is 6.59. The van der Waals surface area contributed by atoms with Gasteiger partial charge in [-0.3, -0.25) is 9.79 Å². The summed E-state index contributed by atoms with van der Waals surface area (Å²) in [6.45, 7) is 2.14. The van der Waals surface area contributed by atoms with Gasteiger partial charge < -0.3 is 30.2 Å². The number of carbonyl (C=O) groups is 1. The predicted octanol–water partition coefficient (Wildman–Crippen LogP) is 1.99. The molecule has 1 unspecified atom stereocenters. The number of nitrogens with two attached hydrogens (primary N) is 1. The lowest BCUT2D eigenvalue weighted by Gasteiger charge is -2.34. The maximum atomic E-state index is 11.2. The molecule has 1 amide bonds. The molecular formula is C19H31IN4O4. The van der Waals surface area contributed by atoms with Crippen LogP contribution >= 0.6 is 24.0 Å². The minimum Gasteiger partial charge on any atom is -0.496 e. The molecule has 3 N–H and O–H groups in total. The van der Waals surface area contributed by atoms with Crippen molar-refractivity contribution in [2.75, 3.05) is 41.5 Å². The van der Waals surface area contributed by atoms with Crippen molar-refractivity contribution in [3.8, 4) is 17.2 Å². The molecule has 1 fully saturated rings. The van der Waals surface area contributed by atoms with Gasteiger partial charge in [0.2, 0.25) is 5.91 Å². The molecule has 9 heteroatoms. The van der Waals surface area contributed by atoms with Crippen LogP contribution in [0.1, 0.15) is 24.8 Å². The van der Waals surface area contributed by atoms with Crippen molar-refractivity contribution in [1.82, 2.24) is 10.2 Å². The van der Waals surface area contributed by atoms with Crippen LogP contribution in [0.3, 0.4) is 0 Å². The van der Waals surface area contributed by atoms with Gasteiger partial charge in [-0.15, -0.1) is 24.0 Å². The molecule has 0 aromatic heterocycles. The van der Waals surface area contributed by atoms with Gasteiger partial charge in [0.05, 0.1) is 33.4 Å². The van der Waals surface area contributed by atoms with E-state index in [9.17, 15) is 4.79 Å². The lowest BCUT2D eigenvalue weighted by Crippen LogP contribution is -2.47. The molecular weight excluding hydrogens is 475 g/mol. The van der Waals surface area contributed by atoms with Crippen molar-refractivity contribution in [2.24, 2.45) is 16.6 Å². The van der Waals surface area contributed by atoms with Crippen molar-refractivity contribution < 1.29 is 19.0 Å². The van der Waals surface area contributed by atoms with E-state index in [0.717, 1.165) is 37.5 Å². The number of amides is 1. The zero-order chi connectivity index (χ0) is 19.8. The first kappa shape index (κ1) is 24.1. The van der Waals surface area contributed by atoms with E-state index in [1.165, 1.54) is 0 Å². The Bertz CT molecular complexity index is 659. The van der Waals surface area contributed by atoms with Gasteiger partial charge in [0.25, 0.3) is 0 Å². The third kappa shape index (κ3) is 6.32. The molecule has 158 valence electrons. The molecule has 1 heterocycles. The van der Waals surface area contributed by atoms with Crippen LogP contribution in [0.4, 0.5) is 0 Å². The Hall–Kier alpha value is -1.91. The molecule has 1 aromatic rings. The van der Waals surface area contributed by atoms with Crippen molar-refractivity contribution >= 4 is 35.8 Å². The molecule has 0 bridgehead atoms. The van der Waals surface area contributed by atoms with Gasteiger partial charge in [-0.1, -0.05) is 0 Å². The second-order valence-electron chi connectivity index (χ2n) is 6.54. The van der Waals surface area contributed by atoms with Crippen LogP contribution in [0.25, 0.3) is 0 Å². The average Bonchev–Trinajstić information content (AvgIpc) is 2.67. The number of methoxy groups -OCH3 is 3. The first-order valence-corrected chi connectivity index (χ1v) is 9.05. The maximum Gasteiger partial charge on any atom is 0.217 e. The number of rotatable bonds is 7. The second kappa shape index (κ2) is 11.8. The monoisotopic (exact) mass is 506 g/mol. The Morgan fingerprint density at radius 3 is 2.39 bits per heavy atom. The van der Waals surface area contributed by atoms with E-state index in [0.29, 0.717) is 30.2 Å². The Labute approximate surface area is 183 Å². The smallest absolute Gasteiger partial charge is 0.217 e. The quantitative estimate of drug-likeness (QED) is 0.334. The molecule has 8 nitrogen and oxygen atoms in total. The Kier molecular flexibility index (Phi) is 10.2. The number of likely N-dealkylation sites (tertiary alicyclic amines) is 1. The number of benzene rings is 1. The van der Waals surface area contributed by atoms with Gasteiger partial charge >= 0.3 is 0 Å². The van der Waals surface area contributed by atoms with Gasteiger partial charge in [-0.25, -0.2) is 0 Å². The number of primary amides is 1. The van der Waals surface area contributed by atoms with Crippen molar-refractivity contribution in [3.63, 3.8) is 0 Å². The third-order valence-electron chi connectivity index (χ3n) is 4.76. The minimum absolute atomic E-state index is 0. The molecule has 0 spiro atoms. The number of guanidine groups is 1. The van der Waals surface area contributed by atoms with Crippen LogP contribution < -0.4 is 25.3 Å². The fourth-order valence-corrected chi connectivity index (χ4v) is 3.46. The average molecular weight is 506 g/mol. The summed E-state index contributed by atoms with van der Waals surface area (Å²) in [5, 5.41) is 3.38. The van der Waals surface area contributed by atoms with Crippen molar-refractivity contribution in [2.45, 2.75) is 25.8 Å². The summed E-state index contributed by atoms with van der Waals surface area (Å²) in [5.74, 6) is 2.82. The number of ether oxygens (including phenoxy) is 3. The van der Waals surface area contributed by atoms with Crippen LogP contribution in [0.2, 0.25) is 0 Å². The summed E-state index contributed by atoms with van der Waals surface area (Å²) >= 11 is 0. The van der Waals surface area contributed by atoms with E-state index in [4.69, 9.17) is 19.9 Å². The van der Waals surface area contributed by atoms with Gasteiger partial charge in [-0.2, -0.15) is 0 Å². The van der Waals surface area contributed by atoms with Crippen LogP contribution in [-0.4, -0.2) is 58.2 Å². The highest BCUT2D eigenvalue weighted by atomic mass is 127. The van der Waals surface area contributed by atoms with E-state index < -0.39 is 0 Å². The zero-order valence-electron chi connectivity index (χ0n) is 17.0. The Balaban J connectivity index is 0.00000392. The third-order valence-corrected chi connectivity index (χ3v) is 4.76. The first-order chi connectivity index (χ1) is 13.0. The highest BCUT2D eigenvalue weighted by Crippen LogP contribution is 2.34.